The Labute approximate surface area is 174 Å². The van der Waals surface area contributed by atoms with Crippen LogP contribution in [0.3, 0.4) is 0 Å². The number of nitrogens with zero attached hydrogens (tertiary/aromatic N) is 2. The zero-order valence-electron chi connectivity index (χ0n) is 17.3. The fraction of sp³-hybridized carbons (Fsp3) is 0.476. The van der Waals surface area contributed by atoms with Crippen LogP contribution in [0.1, 0.15) is 42.6 Å². The first kappa shape index (κ1) is 20.1. The van der Waals surface area contributed by atoms with E-state index in [4.69, 9.17) is 18.9 Å². The molecular weight excluding hydrogens is 392 g/mol. The van der Waals surface area contributed by atoms with Crippen molar-refractivity contribution in [3.63, 3.8) is 0 Å². The van der Waals surface area contributed by atoms with Crippen LogP contribution in [0.15, 0.2) is 29.8 Å². The minimum atomic E-state index is -0.635. The van der Waals surface area contributed by atoms with Crippen LogP contribution in [0.2, 0.25) is 0 Å². The van der Waals surface area contributed by atoms with Gasteiger partial charge in [0.05, 0.1) is 43.9 Å². The van der Waals surface area contributed by atoms with Crippen LogP contribution in [0.25, 0.3) is 0 Å². The quantitative estimate of drug-likeness (QED) is 0.425. The number of esters is 1. The first-order chi connectivity index (χ1) is 14.4. The summed E-state index contributed by atoms with van der Waals surface area (Å²) in [5.41, 5.74) is 2.05. The van der Waals surface area contributed by atoms with E-state index in [2.05, 4.69) is 0 Å². The number of methoxy groups -OCH3 is 1. The predicted molar refractivity (Wildman–Crippen MR) is 104 cm³/mol. The standard InChI is InChI=1S/C21H24N2O7/c1-5-28-20(25)22-11(3)13-10-16-17(18(13)23(22)21(26)29-6-2)14-9-12(19(24)27-4)7-8-15(14)30-16/h7-11,16-18H,5-6H2,1-4H3/t11-,16+,17+,18+/m0/s1. The highest BCUT2D eigenvalue weighted by molar-refractivity contribution is 5.90. The summed E-state index contributed by atoms with van der Waals surface area (Å²) >= 11 is 0. The molecule has 0 aromatic heterocycles. The van der Waals surface area contributed by atoms with Crippen molar-refractivity contribution in [1.82, 2.24) is 10.0 Å². The van der Waals surface area contributed by atoms with E-state index >= 15 is 0 Å². The average Bonchev–Trinajstić information content (AvgIpc) is 3.34. The molecule has 2 heterocycles. The highest BCUT2D eigenvalue weighted by Gasteiger charge is 2.58. The van der Waals surface area contributed by atoms with Crippen molar-refractivity contribution in [1.29, 1.82) is 0 Å². The number of hydrogen-bond acceptors (Lipinski definition) is 7. The Kier molecular flexibility index (Phi) is 5.05. The molecule has 1 aromatic carbocycles. The van der Waals surface area contributed by atoms with E-state index in [1.807, 2.05) is 13.0 Å². The summed E-state index contributed by atoms with van der Waals surface area (Å²) in [6, 6.07) is 4.21. The van der Waals surface area contributed by atoms with Crippen LogP contribution in [0.4, 0.5) is 9.59 Å². The summed E-state index contributed by atoms with van der Waals surface area (Å²) in [5.74, 6) is -0.104. The van der Waals surface area contributed by atoms with Crippen LogP contribution < -0.4 is 4.74 Å². The lowest BCUT2D eigenvalue weighted by Crippen LogP contribution is -2.52. The number of ether oxygens (including phenoxy) is 4. The molecule has 9 nitrogen and oxygen atoms in total. The molecule has 0 saturated carbocycles. The Morgan fingerprint density at radius 2 is 1.73 bits per heavy atom. The normalized spacial score (nSPS) is 25.7. The molecular formula is C21H24N2O7. The summed E-state index contributed by atoms with van der Waals surface area (Å²) in [7, 11) is 1.32. The van der Waals surface area contributed by atoms with Crippen molar-refractivity contribution < 1.29 is 33.3 Å². The molecule has 2 aliphatic heterocycles. The minimum absolute atomic E-state index is 0.166. The third-order valence-electron chi connectivity index (χ3n) is 5.70. The van der Waals surface area contributed by atoms with E-state index in [9.17, 15) is 14.4 Å². The maximum absolute atomic E-state index is 12.9. The fourth-order valence-corrected chi connectivity index (χ4v) is 4.51. The third-order valence-corrected chi connectivity index (χ3v) is 5.70. The Hall–Kier alpha value is -3.23. The van der Waals surface area contributed by atoms with E-state index < -0.39 is 30.2 Å². The number of benzene rings is 1. The molecule has 0 spiro atoms. The fourth-order valence-electron chi connectivity index (χ4n) is 4.51. The topological polar surface area (TPSA) is 94.6 Å². The molecule has 30 heavy (non-hydrogen) atoms. The van der Waals surface area contributed by atoms with Crippen molar-refractivity contribution in [2.24, 2.45) is 0 Å². The van der Waals surface area contributed by atoms with Gasteiger partial charge in [0.1, 0.15) is 11.9 Å². The van der Waals surface area contributed by atoms with Crippen molar-refractivity contribution in [3.05, 3.63) is 41.0 Å². The summed E-state index contributed by atoms with van der Waals surface area (Å²) in [5, 5.41) is 2.63. The first-order valence-corrected chi connectivity index (χ1v) is 9.95. The number of hydrogen-bond donors (Lipinski definition) is 0. The SMILES string of the molecule is CCOC(=O)N1[C@@H]2C(=C[C@H]3Oc4ccc(C(=O)OC)cc4[C@@H]23)[C@H](C)N1C(=O)OCC. The van der Waals surface area contributed by atoms with Gasteiger partial charge < -0.3 is 18.9 Å². The van der Waals surface area contributed by atoms with E-state index in [1.54, 1.807) is 32.0 Å². The van der Waals surface area contributed by atoms with Gasteiger partial charge in [-0.3, -0.25) is 0 Å². The average molecular weight is 416 g/mol. The molecule has 0 bridgehead atoms. The van der Waals surface area contributed by atoms with E-state index in [-0.39, 0.29) is 25.2 Å². The van der Waals surface area contributed by atoms with Gasteiger partial charge in [0.15, 0.2) is 0 Å². The molecule has 4 rings (SSSR count). The molecule has 0 radical (unpaired) electrons. The van der Waals surface area contributed by atoms with E-state index in [0.29, 0.717) is 11.3 Å². The van der Waals surface area contributed by atoms with Gasteiger partial charge in [0, 0.05) is 5.56 Å². The first-order valence-electron chi connectivity index (χ1n) is 9.95. The second-order valence-electron chi connectivity index (χ2n) is 7.23. The van der Waals surface area contributed by atoms with Crippen molar-refractivity contribution in [2.75, 3.05) is 20.3 Å². The monoisotopic (exact) mass is 416 g/mol. The number of fused-ring (bicyclic) bond motifs is 5. The van der Waals surface area contributed by atoms with Gasteiger partial charge in [-0.2, -0.15) is 0 Å². The van der Waals surface area contributed by atoms with Gasteiger partial charge in [-0.25, -0.2) is 24.4 Å². The highest BCUT2D eigenvalue weighted by atomic mass is 16.6. The molecule has 1 saturated heterocycles. The summed E-state index contributed by atoms with van der Waals surface area (Å²) in [6.07, 6.45) is 0.386. The Bertz CT molecular complexity index is 928. The Morgan fingerprint density at radius 1 is 1.07 bits per heavy atom. The van der Waals surface area contributed by atoms with Crippen LogP contribution in [-0.2, 0) is 14.2 Å². The molecule has 9 heteroatoms. The smallest absolute Gasteiger partial charge is 0.429 e. The summed E-state index contributed by atoms with van der Waals surface area (Å²) in [6.45, 7) is 5.60. The minimum Gasteiger partial charge on any atom is -0.485 e. The molecule has 1 fully saturated rings. The van der Waals surface area contributed by atoms with E-state index in [1.165, 1.54) is 17.1 Å². The zero-order chi connectivity index (χ0) is 21.6. The van der Waals surface area contributed by atoms with Gasteiger partial charge in [-0.15, -0.1) is 0 Å². The maximum atomic E-state index is 12.9. The van der Waals surface area contributed by atoms with Gasteiger partial charge in [0.25, 0.3) is 0 Å². The Morgan fingerprint density at radius 3 is 2.37 bits per heavy atom. The lowest BCUT2D eigenvalue weighted by molar-refractivity contribution is -0.0245. The highest BCUT2D eigenvalue weighted by Crippen LogP contribution is 2.52. The van der Waals surface area contributed by atoms with Gasteiger partial charge in [-0.1, -0.05) is 0 Å². The van der Waals surface area contributed by atoms with Crippen LogP contribution in [0, 0.1) is 0 Å². The number of amides is 2. The summed E-state index contributed by atoms with van der Waals surface area (Å²) in [4.78, 5) is 37.6. The number of carbonyl (C=O) groups excluding carboxylic acids is 3. The Balaban J connectivity index is 1.76. The van der Waals surface area contributed by atoms with Crippen molar-refractivity contribution in [3.8, 4) is 5.75 Å². The van der Waals surface area contributed by atoms with Crippen molar-refractivity contribution in [2.45, 2.75) is 44.9 Å². The maximum Gasteiger partial charge on any atom is 0.429 e. The van der Waals surface area contributed by atoms with E-state index in [0.717, 1.165) is 11.1 Å². The molecule has 0 unspecified atom stereocenters. The van der Waals surface area contributed by atoms with Crippen molar-refractivity contribution >= 4 is 18.2 Å². The largest absolute Gasteiger partial charge is 0.485 e. The van der Waals surface area contributed by atoms with Crippen LogP contribution in [0.5, 0.6) is 5.75 Å². The summed E-state index contributed by atoms with van der Waals surface area (Å²) < 4.78 is 21.3. The molecule has 4 atom stereocenters. The van der Waals surface area contributed by atoms with Gasteiger partial charge >= 0.3 is 18.2 Å². The molecule has 2 amide bonds. The number of hydrazine groups is 1. The molecule has 0 N–H and O–H groups in total. The van der Waals surface area contributed by atoms with Crippen LogP contribution in [-0.4, -0.2) is 66.7 Å². The van der Waals surface area contributed by atoms with Gasteiger partial charge in [-0.05, 0) is 50.6 Å². The molecule has 1 aliphatic carbocycles. The predicted octanol–water partition coefficient (Wildman–Crippen LogP) is 2.86. The second kappa shape index (κ2) is 7.55. The second-order valence-corrected chi connectivity index (χ2v) is 7.23. The molecule has 1 aromatic rings. The lowest BCUT2D eigenvalue weighted by Gasteiger charge is -2.33. The van der Waals surface area contributed by atoms with Crippen LogP contribution >= 0.6 is 0 Å². The number of carbonyl (C=O) groups is 3. The molecule has 3 aliphatic rings. The third kappa shape index (κ3) is 2.88. The van der Waals surface area contributed by atoms with Gasteiger partial charge in [0.2, 0.25) is 0 Å². The lowest BCUT2D eigenvalue weighted by atomic mass is 9.89. The molecule has 160 valence electrons. The zero-order valence-corrected chi connectivity index (χ0v) is 17.3. The number of rotatable bonds is 3.